The molecule has 0 radical (unpaired) electrons. The maximum absolute atomic E-state index is 13.0. The van der Waals surface area contributed by atoms with Crippen molar-refractivity contribution in [1.29, 1.82) is 0 Å². The summed E-state index contributed by atoms with van der Waals surface area (Å²) in [5.74, 6) is 1.38. The highest BCUT2D eigenvalue weighted by Gasteiger charge is 2.34. The number of benzene rings is 2. The van der Waals surface area contributed by atoms with Crippen LogP contribution in [0.25, 0.3) is 6.08 Å². The van der Waals surface area contributed by atoms with Crippen molar-refractivity contribution in [3.05, 3.63) is 70.8 Å². The van der Waals surface area contributed by atoms with Crippen LogP contribution in [0.5, 0.6) is 28.7 Å². The van der Waals surface area contributed by atoms with Crippen molar-refractivity contribution < 1.29 is 47.2 Å². The number of amides is 3. The molecule has 0 bridgehead atoms. The Morgan fingerprint density at radius 3 is 2.46 bits per heavy atom. The van der Waals surface area contributed by atoms with Gasteiger partial charge in [-0.1, -0.05) is 6.07 Å². The lowest BCUT2D eigenvalue weighted by atomic mass is 10.1. The van der Waals surface area contributed by atoms with Gasteiger partial charge in [-0.25, -0.2) is 9.59 Å². The first kappa shape index (κ1) is 25.5. The molecule has 202 valence electrons. The fourth-order valence-electron chi connectivity index (χ4n) is 4.02. The maximum atomic E-state index is 13.0. The van der Waals surface area contributed by atoms with Crippen LogP contribution in [0.3, 0.4) is 0 Å². The average Bonchev–Trinajstić information content (AvgIpc) is 3.67. The minimum Gasteiger partial charge on any atom is -0.493 e. The summed E-state index contributed by atoms with van der Waals surface area (Å²) in [6.45, 7) is 0.216. The van der Waals surface area contributed by atoms with E-state index >= 15 is 0 Å². The Hall–Kier alpha value is -5.13. The molecule has 1 fully saturated rings. The number of rotatable bonds is 9. The molecule has 0 spiro atoms. The van der Waals surface area contributed by atoms with E-state index in [-0.39, 0.29) is 37.2 Å². The lowest BCUT2D eigenvalue weighted by molar-refractivity contribution is -0.123. The van der Waals surface area contributed by atoms with E-state index in [1.165, 1.54) is 39.5 Å². The third kappa shape index (κ3) is 5.17. The lowest BCUT2D eigenvalue weighted by Crippen LogP contribution is -2.30. The van der Waals surface area contributed by atoms with E-state index in [1.807, 2.05) is 18.2 Å². The van der Waals surface area contributed by atoms with Crippen molar-refractivity contribution in [3.8, 4) is 28.7 Å². The van der Waals surface area contributed by atoms with E-state index in [2.05, 4.69) is 10.1 Å². The summed E-state index contributed by atoms with van der Waals surface area (Å²) in [6.07, 6.45) is 1.49. The second-order valence-electron chi connectivity index (χ2n) is 8.37. The molecule has 2 aliphatic rings. The smallest absolute Gasteiger partial charge is 0.373 e. The van der Waals surface area contributed by atoms with Crippen molar-refractivity contribution in [2.75, 3.05) is 28.1 Å². The number of furan rings is 1. The number of ether oxygens (including phenoxy) is 6. The topological polar surface area (TPSA) is 135 Å². The molecule has 2 aliphatic heterocycles. The van der Waals surface area contributed by atoms with Crippen LogP contribution in [-0.2, 0) is 22.7 Å². The molecule has 12 nitrogen and oxygen atoms in total. The zero-order valence-electron chi connectivity index (χ0n) is 21.3. The minimum atomic E-state index is -0.662. The number of carbonyl (C=O) groups excluding carboxylic acids is 3. The zero-order valence-corrected chi connectivity index (χ0v) is 21.3. The van der Waals surface area contributed by atoms with E-state index in [1.54, 1.807) is 12.1 Å². The molecule has 0 atom stereocenters. The number of fused-ring (bicyclic) bond motifs is 1. The molecule has 1 N–H and O–H groups in total. The normalized spacial score (nSPS) is 14.9. The Bertz CT molecular complexity index is 1450. The summed E-state index contributed by atoms with van der Waals surface area (Å²) in [5, 5.41) is 2.55. The van der Waals surface area contributed by atoms with Crippen molar-refractivity contribution in [2.24, 2.45) is 0 Å². The van der Waals surface area contributed by atoms with Crippen LogP contribution in [0, 0.1) is 0 Å². The lowest BCUT2D eigenvalue weighted by Gasteiger charge is -2.16. The Kier molecular flexibility index (Phi) is 7.00. The fourth-order valence-corrected chi connectivity index (χ4v) is 4.02. The van der Waals surface area contributed by atoms with Gasteiger partial charge in [0.1, 0.15) is 18.1 Å². The third-order valence-electron chi connectivity index (χ3n) is 5.94. The molecule has 3 heterocycles. The van der Waals surface area contributed by atoms with Gasteiger partial charge in [0, 0.05) is 0 Å². The maximum Gasteiger partial charge on any atom is 0.373 e. The predicted molar refractivity (Wildman–Crippen MR) is 134 cm³/mol. The van der Waals surface area contributed by atoms with Gasteiger partial charge in [-0.3, -0.25) is 9.69 Å². The number of methoxy groups -OCH3 is 3. The molecule has 1 saturated heterocycles. The zero-order chi connectivity index (χ0) is 27.5. The van der Waals surface area contributed by atoms with E-state index < -0.39 is 17.9 Å². The standard InChI is InChI=1S/C27H24N2O10/c1-33-22-10-16(11-23(34-2)24(22)36-13-15-4-6-19-21(9-15)38-14-37-19)8-18-25(30)29(27(32)28-18)12-17-5-7-20(39-17)26(31)35-3/h4-11H,12-14H2,1-3H3,(H,28,32)/b18-8-. The van der Waals surface area contributed by atoms with Gasteiger partial charge in [-0.2, -0.15) is 0 Å². The minimum absolute atomic E-state index is 0.0321. The number of nitrogens with zero attached hydrogens (tertiary/aromatic N) is 1. The van der Waals surface area contributed by atoms with Crippen molar-refractivity contribution >= 4 is 24.0 Å². The summed E-state index contributed by atoms with van der Waals surface area (Å²) in [6, 6.07) is 11.1. The Morgan fingerprint density at radius 1 is 1.00 bits per heavy atom. The molecule has 0 aliphatic carbocycles. The van der Waals surface area contributed by atoms with Gasteiger partial charge in [0.25, 0.3) is 5.91 Å². The van der Waals surface area contributed by atoms with Crippen molar-refractivity contribution in [2.45, 2.75) is 13.2 Å². The highest BCUT2D eigenvalue weighted by Crippen LogP contribution is 2.40. The molecule has 3 amide bonds. The number of hydrogen-bond donors (Lipinski definition) is 1. The predicted octanol–water partition coefficient (Wildman–Crippen LogP) is 3.48. The summed E-state index contributed by atoms with van der Waals surface area (Å²) < 4.78 is 37.8. The van der Waals surface area contributed by atoms with Crippen molar-refractivity contribution in [3.63, 3.8) is 0 Å². The van der Waals surface area contributed by atoms with Gasteiger partial charge >= 0.3 is 12.0 Å². The van der Waals surface area contributed by atoms with Crippen LogP contribution in [0.4, 0.5) is 4.79 Å². The van der Waals surface area contributed by atoms with Gasteiger partial charge in [0.2, 0.25) is 18.3 Å². The number of carbonyl (C=O) groups is 3. The molecular formula is C27H24N2O10. The molecule has 39 heavy (non-hydrogen) atoms. The first-order chi connectivity index (χ1) is 18.9. The number of urea groups is 1. The first-order valence-electron chi connectivity index (χ1n) is 11.7. The average molecular weight is 536 g/mol. The van der Waals surface area contributed by atoms with Crippen LogP contribution >= 0.6 is 0 Å². The monoisotopic (exact) mass is 536 g/mol. The van der Waals surface area contributed by atoms with E-state index in [4.69, 9.17) is 28.1 Å². The Morgan fingerprint density at radius 2 is 1.74 bits per heavy atom. The van der Waals surface area contributed by atoms with E-state index in [0.29, 0.717) is 34.3 Å². The summed E-state index contributed by atoms with van der Waals surface area (Å²) in [7, 11) is 4.19. The number of hydrogen-bond acceptors (Lipinski definition) is 10. The Labute approximate surface area is 222 Å². The third-order valence-corrected chi connectivity index (χ3v) is 5.94. The molecule has 0 saturated carbocycles. The Balaban J connectivity index is 1.33. The highest BCUT2D eigenvalue weighted by atomic mass is 16.7. The van der Waals surface area contributed by atoms with E-state index in [9.17, 15) is 14.4 Å². The molecule has 1 aromatic heterocycles. The van der Waals surface area contributed by atoms with Crippen LogP contribution < -0.4 is 29.0 Å². The van der Waals surface area contributed by atoms with Crippen LogP contribution in [-0.4, -0.2) is 50.9 Å². The van der Waals surface area contributed by atoms with Gasteiger partial charge < -0.3 is 38.2 Å². The van der Waals surface area contributed by atoms with Crippen LogP contribution in [0.15, 0.2) is 52.6 Å². The number of esters is 1. The molecule has 3 aromatic rings. The first-order valence-corrected chi connectivity index (χ1v) is 11.7. The van der Waals surface area contributed by atoms with Gasteiger partial charge in [-0.05, 0) is 53.6 Å². The summed E-state index contributed by atoms with van der Waals surface area (Å²) >= 11 is 0. The van der Waals surface area contributed by atoms with Crippen LogP contribution in [0.2, 0.25) is 0 Å². The molecular weight excluding hydrogens is 512 g/mol. The van der Waals surface area contributed by atoms with Crippen molar-refractivity contribution in [1.82, 2.24) is 10.2 Å². The summed E-state index contributed by atoms with van der Waals surface area (Å²) in [4.78, 5) is 38.1. The van der Waals surface area contributed by atoms with Gasteiger partial charge in [0.15, 0.2) is 23.0 Å². The largest absolute Gasteiger partial charge is 0.493 e. The SMILES string of the molecule is COC(=O)c1ccc(CN2C(=O)N/C(=C\c3cc(OC)c(OCc4ccc5c(c4)OCO5)c(OC)c3)C2=O)o1. The van der Waals surface area contributed by atoms with Gasteiger partial charge in [0.05, 0.1) is 27.9 Å². The second kappa shape index (κ2) is 10.7. The molecule has 0 unspecified atom stereocenters. The second-order valence-corrected chi connectivity index (χ2v) is 8.37. The molecule has 2 aromatic carbocycles. The van der Waals surface area contributed by atoms with Gasteiger partial charge in [-0.15, -0.1) is 0 Å². The number of nitrogens with one attached hydrogen (secondary N) is 1. The molecule has 12 heteroatoms. The summed E-state index contributed by atoms with van der Waals surface area (Å²) in [5.41, 5.74) is 1.41. The highest BCUT2D eigenvalue weighted by molar-refractivity contribution is 6.13. The quantitative estimate of drug-likeness (QED) is 0.246. The van der Waals surface area contributed by atoms with Crippen LogP contribution in [0.1, 0.15) is 27.4 Å². The molecule has 5 rings (SSSR count). The fraction of sp³-hybridized carbons (Fsp3) is 0.222. The van der Waals surface area contributed by atoms with E-state index in [0.717, 1.165) is 10.5 Å². The number of imide groups is 1.